The molecule has 0 bridgehead atoms. The lowest BCUT2D eigenvalue weighted by Crippen LogP contribution is -2.34. The van der Waals surface area contributed by atoms with Gasteiger partial charge in [-0.3, -0.25) is 0 Å². The minimum atomic E-state index is -0.257. The third kappa shape index (κ3) is 3.87. The van der Waals surface area contributed by atoms with Crippen LogP contribution in [0.25, 0.3) is 10.9 Å². The fourth-order valence-electron chi connectivity index (χ4n) is 4.75. The van der Waals surface area contributed by atoms with Crippen LogP contribution < -0.4 is 14.5 Å². The summed E-state index contributed by atoms with van der Waals surface area (Å²) in [4.78, 5) is 14.0. The Morgan fingerprint density at radius 3 is 2.50 bits per heavy atom. The van der Waals surface area contributed by atoms with Crippen molar-refractivity contribution in [3.8, 4) is 5.75 Å². The number of aromatic nitrogens is 2. The van der Waals surface area contributed by atoms with E-state index in [1.54, 1.807) is 13.2 Å². The summed E-state index contributed by atoms with van der Waals surface area (Å²) in [6.45, 7) is 4.65. The Bertz CT molecular complexity index is 1120. The summed E-state index contributed by atoms with van der Waals surface area (Å²) < 4.78 is 20.8. The Kier molecular flexibility index (Phi) is 5.62. The van der Waals surface area contributed by atoms with Gasteiger partial charge in [0.25, 0.3) is 0 Å². The number of para-hydroxylation sites is 1. The molecule has 0 unspecified atom stereocenters. The van der Waals surface area contributed by atoms with E-state index in [9.17, 15) is 0 Å². The average Bonchev–Trinajstić information content (AvgIpc) is 3.68. The van der Waals surface area contributed by atoms with Gasteiger partial charge < -0.3 is 14.5 Å². The van der Waals surface area contributed by atoms with Gasteiger partial charge in [0.1, 0.15) is 22.9 Å². The highest BCUT2D eigenvalue weighted by atomic mass is 19.1. The van der Waals surface area contributed by atoms with E-state index in [0.29, 0.717) is 17.4 Å². The van der Waals surface area contributed by atoms with Crippen molar-refractivity contribution in [3.63, 3.8) is 0 Å². The molecule has 0 atom stereocenters. The molecule has 0 amide bonds. The van der Waals surface area contributed by atoms with Gasteiger partial charge in [-0.05, 0) is 62.3 Å². The van der Waals surface area contributed by atoms with Crippen LogP contribution in [-0.2, 0) is 0 Å². The second-order valence-electron chi connectivity index (χ2n) is 9.02. The number of anilines is 2. The lowest BCUT2D eigenvalue weighted by molar-refractivity contribution is 0.397. The third-order valence-electron chi connectivity index (χ3n) is 6.97. The molecule has 2 aliphatic rings. The molecule has 6 heteroatoms. The van der Waals surface area contributed by atoms with Crippen LogP contribution in [0.3, 0.4) is 0 Å². The number of nitrogens with zero attached hydrogens (tertiary/aromatic N) is 4. The van der Waals surface area contributed by atoms with Crippen LogP contribution in [0.2, 0.25) is 0 Å². The first-order valence-electron chi connectivity index (χ1n) is 11.7. The molecule has 2 aromatic carbocycles. The van der Waals surface area contributed by atoms with E-state index in [2.05, 4.69) is 39.9 Å². The van der Waals surface area contributed by atoms with Crippen molar-refractivity contribution in [1.29, 1.82) is 0 Å². The van der Waals surface area contributed by atoms with Gasteiger partial charge in [-0.1, -0.05) is 18.2 Å². The maximum Gasteiger partial charge on any atom is 0.151 e. The van der Waals surface area contributed by atoms with Gasteiger partial charge in [-0.25, -0.2) is 14.4 Å². The molecule has 168 valence electrons. The Morgan fingerprint density at radius 2 is 1.81 bits per heavy atom. The first kappa shape index (κ1) is 21.0. The number of hydrogen-bond acceptors (Lipinski definition) is 5. The predicted molar refractivity (Wildman–Crippen MR) is 128 cm³/mol. The second kappa shape index (κ2) is 8.57. The molecule has 2 fully saturated rings. The van der Waals surface area contributed by atoms with Gasteiger partial charge in [-0.2, -0.15) is 0 Å². The predicted octanol–water partition coefficient (Wildman–Crippen LogP) is 5.50. The van der Waals surface area contributed by atoms with E-state index in [1.807, 2.05) is 19.2 Å². The van der Waals surface area contributed by atoms with Crippen LogP contribution in [0.15, 0.2) is 36.4 Å². The topological polar surface area (TPSA) is 41.5 Å². The monoisotopic (exact) mass is 434 g/mol. The largest absolute Gasteiger partial charge is 0.496 e. The summed E-state index contributed by atoms with van der Waals surface area (Å²) in [5, 5.41) is 0.820. The zero-order valence-electron chi connectivity index (χ0n) is 19.1. The minimum absolute atomic E-state index is 0.257. The molecule has 5 rings (SSSR count). The van der Waals surface area contributed by atoms with Crippen molar-refractivity contribution >= 4 is 22.4 Å². The van der Waals surface area contributed by atoms with Gasteiger partial charge >= 0.3 is 0 Å². The van der Waals surface area contributed by atoms with Crippen LogP contribution in [0.4, 0.5) is 15.9 Å². The Morgan fingerprint density at radius 1 is 1.06 bits per heavy atom. The molecular formula is C26H31FN4O. The number of fused-ring (bicyclic) bond motifs is 1. The molecular weight excluding hydrogens is 403 g/mol. The standard InChI is InChI=1S/C26H31FN4O/c1-4-30(2)19-15-21-24(22(27)16-19)28-25(18-9-10-18)29-26(21)31-13-11-17(12-14-31)20-7-5-6-8-23(20)32-3/h5-8,15-18H,4,9-14H2,1-3H3. The van der Waals surface area contributed by atoms with Gasteiger partial charge in [-0.15, -0.1) is 0 Å². The Balaban J connectivity index is 1.50. The van der Waals surface area contributed by atoms with Gasteiger partial charge in [0.15, 0.2) is 5.82 Å². The third-order valence-corrected chi connectivity index (χ3v) is 6.97. The van der Waals surface area contributed by atoms with Crippen LogP contribution in [0, 0.1) is 5.82 Å². The van der Waals surface area contributed by atoms with E-state index in [0.717, 1.165) is 73.8 Å². The summed E-state index contributed by atoms with van der Waals surface area (Å²) in [6, 6.07) is 12.0. The fraction of sp³-hybridized carbons (Fsp3) is 0.462. The number of benzene rings is 2. The van der Waals surface area contributed by atoms with Crippen molar-refractivity contribution in [3.05, 3.63) is 53.6 Å². The molecule has 0 radical (unpaired) electrons. The molecule has 0 spiro atoms. The van der Waals surface area contributed by atoms with Crippen LogP contribution in [0.5, 0.6) is 5.75 Å². The van der Waals surface area contributed by atoms with Crippen LogP contribution >= 0.6 is 0 Å². The molecule has 32 heavy (non-hydrogen) atoms. The van der Waals surface area contributed by atoms with Crippen molar-refractivity contribution in [2.75, 3.05) is 43.6 Å². The number of piperidine rings is 1. The summed E-state index contributed by atoms with van der Waals surface area (Å²) in [5.74, 6) is 3.23. The maximum atomic E-state index is 15.2. The number of halogens is 1. The highest BCUT2D eigenvalue weighted by molar-refractivity contribution is 5.93. The van der Waals surface area contributed by atoms with E-state index >= 15 is 4.39 Å². The first-order valence-corrected chi connectivity index (χ1v) is 11.7. The molecule has 2 heterocycles. The molecule has 3 aromatic rings. The zero-order chi connectivity index (χ0) is 22.2. The summed E-state index contributed by atoms with van der Waals surface area (Å²) >= 11 is 0. The van der Waals surface area contributed by atoms with Gasteiger partial charge in [0.05, 0.1) is 7.11 Å². The van der Waals surface area contributed by atoms with Crippen molar-refractivity contribution in [2.24, 2.45) is 0 Å². The van der Waals surface area contributed by atoms with Gasteiger partial charge in [0, 0.05) is 43.7 Å². The number of ether oxygens (including phenoxy) is 1. The Labute approximate surface area is 189 Å². The molecule has 5 nitrogen and oxygen atoms in total. The Hall–Kier alpha value is -2.89. The minimum Gasteiger partial charge on any atom is -0.496 e. The first-order chi connectivity index (χ1) is 15.6. The maximum absolute atomic E-state index is 15.2. The number of methoxy groups -OCH3 is 1. The lowest BCUT2D eigenvalue weighted by Gasteiger charge is -2.34. The number of rotatable bonds is 6. The summed E-state index contributed by atoms with van der Waals surface area (Å²) in [7, 11) is 3.72. The van der Waals surface area contributed by atoms with Crippen LogP contribution in [0.1, 0.15) is 55.8 Å². The quantitative estimate of drug-likeness (QED) is 0.513. The molecule has 1 saturated heterocycles. The van der Waals surface area contributed by atoms with Crippen LogP contribution in [-0.4, -0.2) is 43.8 Å². The molecule has 1 saturated carbocycles. The van der Waals surface area contributed by atoms with E-state index in [-0.39, 0.29) is 5.82 Å². The fourth-order valence-corrected chi connectivity index (χ4v) is 4.75. The normalized spacial score (nSPS) is 17.1. The lowest BCUT2D eigenvalue weighted by atomic mass is 9.88. The highest BCUT2D eigenvalue weighted by Gasteiger charge is 2.31. The molecule has 1 aliphatic heterocycles. The molecule has 1 aliphatic carbocycles. The number of hydrogen-bond donors (Lipinski definition) is 0. The van der Waals surface area contributed by atoms with Crippen molar-refractivity contribution in [2.45, 2.75) is 44.4 Å². The smallest absolute Gasteiger partial charge is 0.151 e. The SMILES string of the molecule is CCN(C)c1cc(F)c2nc(C3CC3)nc(N3CCC(c4ccccc4OC)CC3)c2c1. The molecule has 1 aromatic heterocycles. The van der Waals surface area contributed by atoms with E-state index < -0.39 is 0 Å². The second-order valence-corrected chi connectivity index (χ2v) is 9.02. The van der Waals surface area contributed by atoms with E-state index in [4.69, 9.17) is 9.72 Å². The summed E-state index contributed by atoms with van der Waals surface area (Å²) in [5.41, 5.74) is 2.60. The van der Waals surface area contributed by atoms with Crippen molar-refractivity contribution in [1.82, 2.24) is 9.97 Å². The summed E-state index contributed by atoms with van der Waals surface area (Å²) in [6.07, 6.45) is 4.22. The highest BCUT2D eigenvalue weighted by Crippen LogP contribution is 2.42. The van der Waals surface area contributed by atoms with Crippen molar-refractivity contribution < 1.29 is 9.13 Å². The van der Waals surface area contributed by atoms with E-state index in [1.165, 1.54) is 5.56 Å². The molecule has 0 N–H and O–H groups in total. The van der Waals surface area contributed by atoms with Gasteiger partial charge in [0.2, 0.25) is 0 Å². The average molecular weight is 435 g/mol. The zero-order valence-corrected chi connectivity index (χ0v) is 19.1.